The zero-order valence-corrected chi connectivity index (χ0v) is 17.6. The summed E-state index contributed by atoms with van der Waals surface area (Å²) in [5.41, 5.74) is 0.975. The molecule has 0 unspecified atom stereocenters. The van der Waals surface area contributed by atoms with Crippen molar-refractivity contribution in [2.45, 2.75) is 39.0 Å². The molecule has 7 heteroatoms. The van der Waals surface area contributed by atoms with E-state index in [4.69, 9.17) is 4.74 Å². The van der Waals surface area contributed by atoms with Crippen molar-refractivity contribution in [3.63, 3.8) is 0 Å². The first-order valence-electron chi connectivity index (χ1n) is 10.9. The predicted molar refractivity (Wildman–Crippen MR) is 113 cm³/mol. The molecule has 164 valence electrons. The zero-order valence-electron chi connectivity index (χ0n) is 17.6. The Morgan fingerprint density at radius 2 is 1.77 bits per heavy atom. The number of piperidine rings is 1. The van der Waals surface area contributed by atoms with Crippen LogP contribution in [0, 0.1) is 23.5 Å². The van der Waals surface area contributed by atoms with E-state index >= 15 is 0 Å². The van der Waals surface area contributed by atoms with Crippen molar-refractivity contribution in [1.29, 1.82) is 0 Å². The second kappa shape index (κ2) is 9.12. The summed E-state index contributed by atoms with van der Waals surface area (Å²) in [6, 6.07) is 7.54. The Morgan fingerprint density at radius 1 is 1.10 bits per heavy atom. The van der Waals surface area contributed by atoms with Gasteiger partial charge in [0.2, 0.25) is 0 Å². The van der Waals surface area contributed by atoms with Crippen LogP contribution >= 0.6 is 0 Å². The van der Waals surface area contributed by atoms with Gasteiger partial charge in [-0.2, -0.15) is 0 Å². The average Bonchev–Trinajstić information content (AvgIpc) is 3.59. The number of ether oxygens (including phenoxy) is 1. The number of Topliss-reactive ketones (excluding diaryl/α,β-unsaturated/α-hetero) is 1. The van der Waals surface area contributed by atoms with Gasteiger partial charge in [0.05, 0.1) is 12.3 Å². The molecule has 0 N–H and O–H groups in total. The molecule has 2 aliphatic rings. The van der Waals surface area contributed by atoms with Gasteiger partial charge in [0.1, 0.15) is 23.0 Å². The molecular weight excluding hydrogens is 402 g/mol. The second-order valence-electron chi connectivity index (χ2n) is 8.27. The number of benzene rings is 1. The molecule has 1 aromatic carbocycles. The molecule has 5 nitrogen and oxygen atoms in total. The highest BCUT2D eigenvalue weighted by molar-refractivity contribution is 5.98. The lowest BCUT2D eigenvalue weighted by Crippen LogP contribution is -2.35. The minimum Gasteiger partial charge on any atom is -0.466 e. The smallest absolute Gasteiger partial charge is 0.306 e. The highest BCUT2D eigenvalue weighted by atomic mass is 19.1. The lowest BCUT2D eigenvalue weighted by atomic mass is 9.93. The number of rotatable bonds is 7. The van der Waals surface area contributed by atoms with Gasteiger partial charge in [0, 0.05) is 31.0 Å². The number of anilines is 1. The van der Waals surface area contributed by atoms with Crippen LogP contribution in [-0.4, -0.2) is 36.4 Å². The van der Waals surface area contributed by atoms with Gasteiger partial charge in [0.25, 0.3) is 0 Å². The molecule has 2 aromatic rings. The van der Waals surface area contributed by atoms with E-state index in [9.17, 15) is 18.4 Å². The van der Waals surface area contributed by atoms with Crippen molar-refractivity contribution in [2.75, 3.05) is 24.6 Å². The van der Waals surface area contributed by atoms with Gasteiger partial charge in [0.15, 0.2) is 5.78 Å². The van der Waals surface area contributed by atoms with Gasteiger partial charge in [-0.25, -0.2) is 13.8 Å². The van der Waals surface area contributed by atoms with E-state index in [1.54, 1.807) is 30.0 Å². The first-order valence-corrected chi connectivity index (χ1v) is 10.9. The van der Waals surface area contributed by atoms with E-state index in [2.05, 4.69) is 4.98 Å². The standard InChI is InChI=1S/C24H26F2N2O3/c1-2-31-22(29)12-15-8-10-28(11-9-15)23-18(25)13-17(14-19(23)26)20-4-3-5-21(27-20)24(30)16-6-7-16/h3-5,13-16H,2,6-12H2,1H3. The summed E-state index contributed by atoms with van der Waals surface area (Å²) in [5, 5.41) is 0. The van der Waals surface area contributed by atoms with Crippen LogP contribution in [0.1, 0.15) is 49.5 Å². The highest BCUT2D eigenvalue weighted by Gasteiger charge is 2.31. The molecule has 1 aliphatic carbocycles. The van der Waals surface area contributed by atoms with E-state index < -0.39 is 11.6 Å². The Morgan fingerprint density at radius 3 is 2.39 bits per heavy atom. The fraction of sp³-hybridized carbons (Fsp3) is 0.458. The Kier molecular flexibility index (Phi) is 6.30. The number of ketones is 1. The van der Waals surface area contributed by atoms with E-state index in [1.807, 2.05) is 0 Å². The third-order valence-corrected chi connectivity index (χ3v) is 5.95. The van der Waals surface area contributed by atoms with Crippen molar-refractivity contribution < 1.29 is 23.1 Å². The molecule has 0 atom stereocenters. The van der Waals surface area contributed by atoms with Crippen LogP contribution in [0.5, 0.6) is 0 Å². The van der Waals surface area contributed by atoms with Crippen LogP contribution in [0.15, 0.2) is 30.3 Å². The summed E-state index contributed by atoms with van der Waals surface area (Å²) in [6.07, 6.45) is 3.43. The van der Waals surface area contributed by atoms with Crippen molar-refractivity contribution >= 4 is 17.4 Å². The molecule has 1 aromatic heterocycles. The Bertz CT molecular complexity index is 960. The van der Waals surface area contributed by atoms with Crippen LogP contribution in [0.3, 0.4) is 0 Å². The molecule has 2 fully saturated rings. The van der Waals surface area contributed by atoms with Crippen molar-refractivity contribution in [3.05, 3.63) is 47.7 Å². The molecule has 1 aliphatic heterocycles. The molecule has 2 heterocycles. The Labute approximate surface area is 180 Å². The molecule has 31 heavy (non-hydrogen) atoms. The first-order chi connectivity index (χ1) is 15.0. The van der Waals surface area contributed by atoms with E-state index in [-0.39, 0.29) is 29.3 Å². The molecule has 0 spiro atoms. The topological polar surface area (TPSA) is 59.5 Å². The van der Waals surface area contributed by atoms with Gasteiger partial charge >= 0.3 is 5.97 Å². The van der Waals surface area contributed by atoms with Crippen molar-refractivity contribution in [1.82, 2.24) is 4.98 Å². The number of halogens is 2. The number of carbonyl (C=O) groups is 2. The number of hydrogen-bond acceptors (Lipinski definition) is 5. The summed E-state index contributed by atoms with van der Waals surface area (Å²) >= 11 is 0. The van der Waals surface area contributed by atoms with Crippen LogP contribution in [0.4, 0.5) is 14.5 Å². The van der Waals surface area contributed by atoms with E-state index in [0.717, 1.165) is 12.8 Å². The minimum absolute atomic E-state index is 0.00916. The van der Waals surface area contributed by atoms with Crippen LogP contribution < -0.4 is 4.90 Å². The van der Waals surface area contributed by atoms with Gasteiger partial charge in [-0.15, -0.1) is 0 Å². The molecular formula is C24H26F2N2O3. The van der Waals surface area contributed by atoms with Gasteiger partial charge in [-0.05, 0) is 62.8 Å². The fourth-order valence-electron chi connectivity index (χ4n) is 4.12. The highest BCUT2D eigenvalue weighted by Crippen LogP contribution is 2.34. The van der Waals surface area contributed by atoms with Crippen LogP contribution in [0.25, 0.3) is 11.3 Å². The number of nitrogens with zero attached hydrogens (tertiary/aromatic N) is 2. The summed E-state index contributed by atoms with van der Waals surface area (Å²) in [6.45, 7) is 3.07. The Balaban J connectivity index is 1.48. The van der Waals surface area contributed by atoms with Gasteiger partial charge < -0.3 is 9.64 Å². The van der Waals surface area contributed by atoms with Crippen LogP contribution in [-0.2, 0) is 9.53 Å². The monoisotopic (exact) mass is 428 g/mol. The fourth-order valence-corrected chi connectivity index (χ4v) is 4.12. The number of aromatic nitrogens is 1. The summed E-state index contributed by atoms with van der Waals surface area (Å²) in [5.74, 6) is -1.34. The summed E-state index contributed by atoms with van der Waals surface area (Å²) < 4.78 is 34.9. The maximum Gasteiger partial charge on any atom is 0.306 e. The third-order valence-electron chi connectivity index (χ3n) is 5.95. The number of pyridine rings is 1. The summed E-state index contributed by atoms with van der Waals surface area (Å²) in [4.78, 5) is 30.0. The molecule has 1 saturated heterocycles. The molecule has 0 bridgehead atoms. The maximum absolute atomic E-state index is 14.9. The number of esters is 1. The first kappa shape index (κ1) is 21.4. The van der Waals surface area contributed by atoms with Gasteiger partial charge in [-0.3, -0.25) is 9.59 Å². The summed E-state index contributed by atoms with van der Waals surface area (Å²) in [7, 11) is 0. The molecule has 1 saturated carbocycles. The SMILES string of the molecule is CCOC(=O)CC1CCN(c2c(F)cc(-c3cccc(C(=O)C4CC4)n3)cc2F)CC1. The Hall–Kier alpha value is -2.83. The molecule has 0 amide bonds. The number of carbonyl (C=O) groups excluding carboxylic acids is 2. The second-order valence-corrected chi connectivity index (χ2v) is 8.27. The van der Waals surface area contributed by atoms with Crippen molar-refractivity contribution in [3.8, 4) is 11.3 Å². The maximum atomic E-state index is 14.9. The lowest BCUT2D eigenvalue weighted by molar-refractivity contribution is -0.144. The quantitative estimate of drug-likeness (QED) is 0.469. The normalized spacial score (nSPS) is 16.9. The van der Waals surface area contributed by atoms with Crippen molar-refractivity contribution in [2.24, 2.45) is 11.8 Å². The molecule has 0 radical (unpaired) electrons. The van der Waals surface area contributed by atoms with E-state index in [0.29, 0.717) is 55.9 Å². The predicted octanol–water partition coefficient (Wildman–Crippen LogP) is 4.79. The largest absolute Gasteiger partial charge is 0.466 e. The molecule has 4 rings (SSSR count). The van der Waals surface area contributed by atoms with Gasteiger partial charge in [-0.1, -0.05) is 6.07 Å². The lowest BCUT2D eigenvalue weighted by Gasteiger charge is -2.33. The average molecular weight is 428 g/mol. The van der Waals surface area contributed by atoms with E-state index in [1.165, 1.54) is 12.1 Å². The zero-order chi connectivity index (χ0) is 22.0. The third kappa shape index (κ3) is 4.92. The van der Waals surface area contributed by atoms with Crippen LogP contribution in [0.2, 0.25) is 0 Å². The number of hydrogen-bond donors (Lipinski definition) is 0. The minimum atomic E-state index is -0.653.